The van der Waals surface area contributed by atoms with Gasteiger partial charge in [-0.3, -0.25) is 0 Å². The molecule has 0 saturated carbocycles. The van der Waals surface area contributed by atoms with Gasteiger partial charge in [0.05, 0.1) is 39.4 Å². The summed E-state index contributed by atoms with van der Waals surface area (Å²) in [5, 5.41) is 9.36. The highest BCUT2D eigenvalue weighted by Gasteiger charge is 2.23. The first kappa shape index (κ1) is 15.3. The Morgan fingerprint density at radius 1 is 1.44 bits per heavy atom. The number of carbonyl (C=O) groups excluding carboxylic acids is 1. The predicted molar refractivity (Wildman–Crippen MR) is 58.8 cm³/mol. The molecule has 16 heavy (non-hydrogen) atoms. The van der Waals surface area contributed by atoms with Crippen molar-refractivity contribution in [3.63, 3.8) is 0 Å². The Balaban J connectivity index is 0.000000325. The average molecular weight is 233 g/mol. The molecular weight excluding hydrogens is 210 g/mol. The van der Waals surface area contributed by atoms with Gasteiger partial charge in [0.1, 0.15) is 13.1 Å². The third kappa shape index (κ3) is 7.62. The Bertz CT molecular complexity index is 185. The third-order valence-corrected chi connectivity index (χ3v) is 2.58. The molecule has 0 radical (unpaired) electrons. The minimum absolute atomic E-state index is 0.319. The van der Waals surface area contributed by atoms with Crippen molar-refractivity contribution in [3.05, 3.63) is 0 Å². The van der Waals surface area contributed by atoms with Gasteiger partial charge in [-0.1, -0.05) is 6.92 Å². The van der Waals surface area contributed by atoms with Crippen LogP contribution in [0.25, 0.3) is 0 Å². The molecule has 1 rings (SSSR count). The minimum atomic E-state index is -1.18. The van der Waals surface area contributed by atoms with E-state index in [2.05, 4.69) is 18.7 Å². The van der Waals surface area contributed by atoms with Gasteiger partial charge in [0.15, 0.2) is 0 Å². The van der Waals surface area contributed by atoms with Crippen molar-refractivity contribution < 1.29 is 23.9 Å². The molecule has 1 saturated heterocycles. The Morgan fingerprint density at radius 3 is 2.31 bits per heavy atom. The topological polar surface area (TPSA) is 58.6 Å². The first-order valence-electron chi connectivity index (χ1n) is 5.64. The van der Waals surface area contributed by atoms with E-state index in [-0.39, 0.29) is 6.61 Å². The zero-order chi connectivity index (χ0) is 12.4. The van der Waals surface area contributed by atoms with E-state index in [0.29, 0.717) is 0 Å². The lowest BCUT2D eigenvalue weighted by atomic mass is 10.3. The summed E-state index contributed by atoms with van der Waals surface area (Å²) in [7, 11) is 3.63. The molecule has 96 valence electrons. The normalized spacial score (nSPS) is 18.4. The molecule has 0 N–H and O–H groups in total. The summed E-state index contributed by atoms with van der Waals surface area (Å²) in [5.41, 5.74) is 0. The fourth-order valence-corrected chi connectivity index (χ4v) is 1.67. The fraction of sp³-hybridized carbons (Fsp3) is 0.909. The van der Waals surface area contributed by atoms with E-state index in [1.807, 2.05) is 0 Å². The zero-order valence-corrected chi connectivity index (χ0v) is 10.5. The number of likely N-dealkylation sites (N-methyl/N-ethyl adjacent to an activating group) is 1. The summed E-state index contributed by atoms with van der Waals surface area (Å²) >= 11 is 0. The molecule has 5 heteroatoms. The van der Waals surface area contributed by atoms with Gasteiger partial charge in [-0.05, 0) is 6.42 Å². The van der Waals surface area contributed by atoms with Crippen molar-refractivity contribution >= 4 is 5.97 Å². The summed E-state index contributed by atoms with van der Waals surface area (Å²) in [6, 6.07) is 0. The Kier molecular flexibility index (Phi) is 8.15. The van der Waals surface area contributed by atoms with Crippen LogP contribution in [0.1, 0.15) is 13.3 Å². The van der Waals surface area contributed by atoms with Gasteiger partial charge in [-0.15, -0.1) is 0 Å². The quantitative estimate of drug-likeness (QED) is 0.600. The van der Waals surface area contributed by atoms with Gasteiger partial charge in [-0.2, -0.15) is 0 Å². The highest BCUT2D eigenvalue weighted by molar-refractivity contribution is 5.65. The molecule has 1 aliphatic rings. The maximum Gasteiger partial charge on any atom is 0.102 e. The van der Waals surface area contributed by atoms with Gasteiger partial charge in [0, 0.05) is 7.11 Å². The van der Waals surface area contributed by atoms with Crippen LogP contribution < -0.4 is 5.11 Å². The van der Waals surface area contributed by atoms with Gasteiger partial charge in [0.2, 0.25) is 0 Å². The van der Waals surface area contributed by atoms with Gasteiger partial charge < -0.3 is 23.9 Å². The number of quaternary nitrogens is 1. The van der Waals surface area contributed by atoms with Crippen LogP contribution in [0, 0.1) is 0 Å². The molecule has 1 aliphatic heterocycles. The number of hydrogen-bond acceptors (Lipinski definition) is 4. The average Bonchev–Trinajstić information content (AvgIpc) is 2.19. The number of carboxylic acid groups (broad SMARTS) is 1. The first-order valence-corrected chi connectivity index (χ1v) is 5.64. The molecular formula is C11H23NO4. The number of carboxylic acids is 1. The van der Waals surface area contributed by atoms with Crippen LogP contribution in [0.4, 0.5) is 0 Å². The van der Waals surface area contributed by atoms with Crippen LogP contribution in [0.2, 0.25) is 0 Å². The second-order valence-electron chi connectivity index (χ2n) is 4.21. The first-order chi connectivity index (χ1) is 7.54. The standard InChI is InChI=1S/C8H18NO.C3H6O3/c1-3-4-9(2)5-7-10-8-6-9;1-6-2-3(4)5/h3-8H2,1-2H3;2H2,1H3,(H,4,5)/q+1;/p-1. The number of rotatable bonds is 4. The maximum atomic E-state index is 9.36. The van der Waals surface area contributed by atoms with Gasteiger partial charge in [-0.25, -0.2) is 0 Å². The summed E-state index contributed by atoms with van der Waals surface area (Å²) in [5.74, 6) is -1.18. The summed E-state index contributed by atoms with van der Waals surface area (Å²) in [4.78, 5) is 9.36. The highest BCUT2D eigenvalue weighted by Crippen LogP contribution is 2.07. The molecule has 0 aromatic rings. The number of hydrogen-bond donors (Lipinski definition) is 0. The number of morpholine rings is 1. The minimum Gasteiger partial charge on any atom is -0.548 e. The van der Waals surface area contributed by atoms with E-state index in [1.165, 1.54) is 37.6 Å². The monoisotopic (exact) mass is 233 g/mol. The van der Waals surface area contributed by atoms with E-state index in [0.717, 1.165) is 13.2 Å². The SMILES string of the molecule is CCC[N+]1(C)CCOCC1.COCC(=O)[O-]. The van der Waals surface area contributed by atoms with Gasteiger partial charge >= 0.3 is 0 Å². The summed E-state index contributed by atoms with van der Waals surface area (Å²) in [6.45, 7) is 7.55. The lowest BCUT2D eigenvalue weighted by molar-refractivity contribution is -0.916. The number of nitrogens with zero attached hydrogens (tertiary/aromatic N) is 1. The van der Waals surface area contributed by atoms with Crippen molar-refractivity contribution in [1.29, 1.82) is 0 Å². The molecule has 0 atom stereocenters. The van der Waals surface area contributed by atoms with Gasteiger partial charge in [0.25, 0.3) is 0 Å². The molecule has 0 aromatic heterocycles. The number of aliphatic carboxylic acids is 1. The lowest BCUT2D eigenvalue weighted by Crippen LogP contribution is -2.52. The van der Waals surface area contributed by atoms with Crippen LogP contribution in [-0.2, 0) is 14.3 Å². The molecule has 0 aliphatic carbocycles. The molecule has 1 fully saturated rings. The highest BCUT2D eigenvalue weighted by atomic mass is 16.5. The van der Waals surface area contributed by atoms with Crippen molar-refractivity contribution in [3.8, 4) is 0 Å². The molecule has 0 amide bonds. The Labute approximate surface area is 97.5 Å². The number of carbonyl (C=O) groups is 1. The molecule has 0 unspecified atom stereocenters. The second kappa shape index (κ2) is 8.50. The van der Waals surface area contributed by atoms with Crippen LogP contribution in [-0.4, -0.2) is 64.1 Å². The van der Waals surface area contributed by atoms with E-state index >= 15 is 0 Å². The van der Waals surface area contributed by atoms with Crippen LogP contribution >= 0.6 is 0 Å². The summed E-state index contributed by atoms with van der Waals surface area (Å²) < 4.78 is 10.7. The number of methoxy groups -OCH3 is 1. The third-order valence-electron chi connectivity index (χ3n) is 2.58. The van der Waals surface area contributed by atoms with Crippen molar-refractivity contribution in [1.82, 2.24) is 0 Å². The largest absolute Gasteiger partial charge is 0.548 e. The van der Waals surface area contributed by atoms with E-state index in [4.69, 9.17) is 4.74 Å². The summed E-state index contributed by atoms with van der Waals surface area (Å²) in [6.07, 6.45) is 1.29. The maximum absolute atomic E-state index is 9.36. The van der Waals surface area contributed by atoms with Crippen LogP contribution in [0.15, 0.2) is 0 Å². The second-order valence-corrected chi connectivity index (χ2v) is 4.21. The Morgan fingerprint density at radius 2 is 2.00 bits per heavy atom. The zero-order valence-electron chi connectivity index (χ0n) is 10.5. The molecule has 5 nitrogen and oxygen atoms in total. The van der Waals surface area contributed by atoms with Crippen molar-refractivity contribution in [2.75, 3.05) is 53.6 Å². The molecule has 0 bridgehead atoms. The Hall–Kier alpha value is -0.650. The van der Waals surface area contributed by atoms with Crippen molar-refractivity contribution in [2.24, 2.45) is 0 Å². The smallest absolute Gasteiger partial charge is 0.102 e. The van der Waals surface area contributed by atoms with Crippen LogP contribution in [0.5, 0.6) is 0 Å². The van der Waals surface area contributed by atoms with E-state index in [1.54, 1.807) is 0 Å². The van der Waals surface area contributed by atoms with Crippen molar-refractivity contribution in [2.45, 2.75) is 13.3 Å². The fourth-order valence-electron chi connectivity index (χ4n) is 1.67. The van der Waals surface area contributed by atoms with E-state index in [9.17, 15) is 9.90 Å². The molecule has 0 spiro atoms. The predicted octanol–water partition coefficient (Wildman–Crippen LogP) is -0.744. The van der Waals surface area contributed by atoms with E-state index < -0.39 is 5.97 Å². The lowest BCUT2D eigenvalue weighted by Gasteiger charge is -2.37. The van der Waals surface area contributed by atoms with Crippen LogP contribution in [0.3, 0.4) is 0 Å². The molecule has 1 heterocycles. The molecule has 0 aromatic carbocycles. The number of ether oxygens (including phenoxy) is 2.